The van der Waals surface area contributed by atoms with Gasteiger partial charge in [-0.25, -0.2) is 0 Å². The van der Waals surface area contributed by atoms with E-state index in [1.54, 1.807) is 0 Å². The molecule has 0 spiro atoms. The number of hydrogen-bond acceptors (Lipinski definition) is 5. The molecule has 160 valence electrons. The third-order valence-electron chi connectivity index (χ3n) is 5.54. The van der Waals surface area contributed by atoms with Gasteiger partial charge < -0.3 is 14.2 Å². The lowest BCUT2D eigenvalue weighted by atomic mass is 10.1. The van der Waals surface area contributed by atoms with Gasteiger partial charge >= 0.3 is 0 Å². The van der Waals surface area contributed by atoms with Crippen LogP contribution in [0.2, 0.25) is 0 Å². The van der Waals surface area contributed by atoms with E-state index >= 15 is 0 Å². The summed E-state index contributed by atoms with van der Waals surface area (Å²) in [6.45, 7) is 1.17. The molecule has 0 radical (unpaired) electrons. The molecule has 5 rings (SSSR count). The van der Waals surface area contributed by atoms with Gasteiger partial charge in [0.1, 0.15) is 11.9 Å². The van der Waals surface area contributed by atoms with Gasteiger partial charge in [-0.2, -0.15) is 4.98 Å². The normalized spacial score (nSPS) is 13.6. The van der Waals surface area contributed by atoms with Crippen LogP contribution in [-0.4, -0.2) is 40.1 Å². The minimum Gasteiger partial charge on any atom is -0.486 e. The first-order chi connectivity index (χ1) is 15.8. The zero-order valence-corrected chi connectivity index (χ0v) is 17.6. The van der Waals surface area contributed by atoms with Crippen LogP contribution in [0.25, 0.3) is 22.8 Å². The van der Waals surface area contributed by atoms with Gasteiger partial charge in [0, 0.05) is 12.0 Å². The second-order valence-electron chi connectivity index (χ2n) is 7.81. The van der Waals surface area contributed by atoms with E-state index in [4.69, 9.17) is 9.26 Å². The Kier molecular flexibility index (Phi) is 5.66. The maximum Gasteiger partial charge on any atom is 0.262 e. The Morgan fingerprint density at radius 3 is 2.41 bits per heavy atom. The summed E-state index contributed by atoms with van der Waals surface area (Å²) >= 11 is 0. The largest absolute Gasteiger partial charge is 0.486 e. The second kappa shape index (κ2) is 9.06. The third kappa shape index (κ3) is 4.39. The quantitative estimate of drug-likeness (QED) is 0.432. The summed E-state index contributed by atoms with van der Waals surface area (Å²) in [6, 6.07) is 27.4. The second-order valence-corrected chi connectivity index (χ2v) is 7.81. The van der Waals surface area contributed by atoms with Crippen molar-refractivity contribution < 1.29 is 14.1 Å². The number of aromatic nitrogens is 2. The zero-order valence-electron chi connectivity index (χ0n) is 17.6. The zero-order chi connectivity index (χ0) is 21.8. The first kappa shape index (κ1) is 20.0. The molecule has 0 unspecified atom stereocenters. The summed E-state index contributed by atoms with van der Waals surface area (Å²) in [7, 11) is 0. The van der Waals surface area contributed by atoms with E-state index in [-0.39, 0.29) is 12.0 Å². The number of aryl methyl sites for hydroxylation is 1. The fraction of sp³-hybridized carbons (Fsp3) is 0.192. The Morgan fingerprint density at radius 2 is 1.62 bits per heavy atom. The number of carbonyl (C=O) groups excluding carboxylic acids is 1. The fourth-order valence-electron chi connectivity index (χ4n) is 3.73. The first-order valence-electron chi connectivity index (χ1n) is 10.7. The van der Waals surface area contributed by atoms with Gasteiger partial charge in [0.25, 0.3) is 5.89 Å². The van der Waals surface area contributed by atoms with Crippen molar-refractivity contribution >= 4 is 5.91 Å². The molecule has 0 atom stereocenters. The summed E-state index contributed by atoms with van der Waals surface area (Å²) in [5, 5.41) is 4.10. The predicted octanol–water partition coefficient (Wildman–Crippen LogP) is 4.63. The Labute approximate surface area is 186 Å². The average molecular weight is 425 g/mol. The molecule has 1 amide bonds. The molecule has 6 nitrogen and oxygen atoms in total. The summed E-state index contributed by atoms with van der Waals surface area (Å²) < 4.78 is 11.7. The molecule has 0 N–H and O–H groups in total. The van der Waals surface area contributed by atoms with Gasteiger partial charge in [-0.15, -0.1) is 0 Å². The number of para-hydroxylation sites is 1. The van der Waals surface area contributed by atoms with Gasteiger partial charge in [-0.3, -0.25) is 4.79 Å². The topological polar surface area (TPSA) is 68.5 Å². The molecule has 1 fully saturated rings. The number of rotatable bonds is 7. The molecule has 4 aromatic rings. The van der Waals surface area contributed by atoms with Gasteiger partial charge in [-0.1, -0.05) is 78.0 Å². The third-order valence-corrected chi connectivity index (χ3v) is 5.54. The monoisotopic (exact) mass is 425 g/mol. The van der Waals surface area contributed by atoms with Crippen molar-refractivity contribution in [2.75, 3.05) is 13.1 Å². The summed E-state index contributed by atoms with van der Waals surface area (Å²) in [5.41, 5.74) is 2.82. The van der Waals surface area contributed by atoms with Crippen LogP contribution in [0.3, 0.4) is 0 Å². The lowest BCUT2D eigenvalue weighted by Crippen LogP contribution is -2.56. The van der Waals surface area contributed by atoms with E-state index in [1.807, 2.05) is 89.8 Å². The van der Waals surface area contributed by atoms with Crippen LogP contribution >= 0.6 is 0 Å². The molecule has 3 aromatic carbocycles. The van der Waals surface area contributed by atoms with Crippen LogP contribution in [0, 0.1) is 0 Å². The van der Waals surface area contributed by atoms with Crippen LogP contribution in [0.4, 0.5) is 0 Å². The number of ether oxygens (including phenoxy) is 1. The Hall–Kier alpha value is -3.93. The maximum atomic E-state index is 12.5. The number of likely N-dealkylation sites (tertiary alicyclic amines) is 1. The number of amides is 1. The number of carbonyl (C=O) groups is 1. The van der Waals surface area contributed by atoms with E-state index in [0.29, 0.717) is 37.0 Å². The molecular weight excluding hydrogens is 402 g/mol. The van der Waals surface area contributed by atoms with E-state index < -0.39 is 0 Å². The predicted molar refractivity (Wildman–Crippen MR) is 121 cm³/mol. The summed E-state index contributed by atoms with van der Waals surface area (Å²) in [5.74, 6) is 1.78. The Balaban J connectivity index is 1.20. The molecule has 32 heavy (non-hydrogen) atoms. The molecule has 1 saturated heterocycles. The molecule has 1 aromatic heterocycles. The number of nitrogens with zero attached hydrogens (tertiary/aromatic N) is 3. The lowest BCUT2D eigenvalue weighted by molar-refractivity contribution is -0.139. The lowest BCUT2D eigenvalue weighted by Gasteiger charge is -2.39. The van der Waals surface area contributed by atoms with Crippen LogP contribution in [0.5, 0.6) is 5.75 Å². The van der Waals surface area contributed by atoms with E-state index in [0.717, 1.165) is 17.5 Å². The number of benzene rings is 3. The number of hydrogen-bond donors (Lipinski definition) is 0. The van der Waals surface area contributed by atoms with Crippen molar-refractivity contribution in [1.29, 1.82) is 0 Å². The first-order valence-corrected chi connectivity index (χ1v) is 10.7. The van der Waals surface area contributed by atoms with Crippen LogP contribution in [0.1, 0.15) is 12.0 Å². The molecule has 1 aliphatic rings. The molecular formula is C26H23N3O3. The van der Waals surface area contributed by atoms with Gasteiger partial charge in [-0.05, 0) is 24.1 Å². The van der Waals surface area contributed by atoms with Crippen LogP contribution < -0.4 is 4.74 Å². The van der Waals surface area contributed by atoms with Crippen molar-refractivity contribution in [2.45, 2.75) is 18.9 Å². The maximum absolute atomic E-state index is 12.5. The summed E-state index contributed by atoms with van der Waals surface area (Å²) in [6.07, 6.45) is 1.22. The van der Waals surface area contributed by atoms with Crippen molar-refractivity contribution in [3.05, 3.63) is 90.5 Å². The highest BCUT2D eigenvalue weighted by Crippen LogP contribution is 2.32. The van der Waals surface area contributed by atoms with Gasteiger partial charge in [0.2, 0.25) is 11.7 Å². The highest BCUT2D eigenvalue weighted by molar-refractivity contribution is 5.77. The highest BCUT2D eigenvalue weighted by Gasteiger charge is 2.32. The highest BCUT2D eigenvalue weighted by atomic mass is 16.5. The van der Waals surface area contributed by atoms with Crippen LogP contribution in [0.15, 0.2) is 89.5 Å². The van der Waals surface area contributed by atoms with Gasteiger partial charge in [0.15, 0.2) is 0 Å². The Bertz CT molecular complexity index is 1190. The SMILES string of the molecule is O=C(CCc1ccccc1)N1CC(Oc2ccccc2-c2nc(-c3ccccc3)no2)C1. The summed E-state index contributed by atoms with van der Waals surface area (Å²) in [4.78, 5) is 18.8. The minimum absolute atomic E-state index is 0.0478. The van der Waals surface area contributed by atoms with E-state index in [1.165, 1.54) is 5.56 Å². The van der Waals surface area contributed by atoms with Crippen molar-refractivity contribution in [1.82, 2.24) is 15.0 Å². The van der Waals surface area contributed by atoms with Crippen LogP contribution in [-0.2, 0) is 11.2 Å². The molecule has 1 aliphatic heterocycles. The minimum atomic E-state index is -0.0478. The fourth-order valence-corrected chi connectivity index (χ4v) is 3.73. The van der Waals surface area contributed by atoms with E-state index in [9.17, 15) is 4.79 Å². The van der Waals surface area contributed by atoms with Crippen molar-refractivity contribution in [3.8, 4) is 28.6 Å². The molecule has 0 bridgehead atoms. The van der Waals surface area contributed by atoms with Gasteiger partial charge in [0.05, 0.1) is 18.7 Å². The molecule has 6 heteroatoms. The van der Waals surface area contributed by atoms with Crippen molar-refractivity contribution in [2.24, 2.45) is 0 Å². The molecule has 2 heterocycles. The average Bonchev–Trinajstić information content (AvgIpc) is 3.31. The Morgan fingerprint density at radius 1 is 0.938 bits per heavy atom. The van der Waals surface area contributed by atoms with E-state index in [2.05, 4.69) is 10.1 Å². The molecule has 0 saturated carbocycles. The van der Waals surface area contributed by atoms with Crippen molar-refractivity contribution in [3.63, 3.8) is 0 Å². The standard InChI is InChI=1S/C26H23N3O3/c30-24(16-15-19-9-3-1-4-10-19)29-17-21(18-29)31-23-14-8-7-13-22(23)26-27-25(28-32-26)20-11-5-2-6-12-20/h1-14,21H,15-18H2. The molecule has 0 aliphatic carbocycles. The smallest absolute Gasteiger partial charge is 0.262 e.